The zero-order valence-electron chi connectivity index (χ0n) is 16.4. The number of Topliss-reactive ketones (excluding diaryl/α,β-unsaturated/α-hetero) is 1. The first-order valence-electron chi connectivity index (χ1n) is 9.70. The van der Waals surface area contributed by atoms with Gasteiger partial charge in [-0.25, -0.2) is 4.98 Å². The van der Waals surface area contributed by atoms with Gasteiger partial charge in [-0.1, -0.05) is 28.1 Å². The van der Waals surface area contributed by atoms with Crippen LogP contribution in [0.4, 0.5) is 5.13 Å². The molecule has 2 atom stereocenters. The quantitative estimate of drug-likeness (QED) is 0.318. The summed E-state index contributed by atoms with van der Waals surface area (Å²) in [5.41, 5.74) is 2.19. The first-order chi connectivity index (χ1) is 14.9. The van der Waals surface area contributed by atoms with Crippen molar-refractivity contribution in [1.82, 2.24) is 4.98 Å². The van der Waals surface area contributed by atoms with E-state index >= 15 is 0 Å². The third-order valence-electron chi connectivity index (χ3n) is 5.40. The standard InChI is InChI=1S/C23H17BrN2O4S/c1-12-9-15-10-14(5-6-17(15)30-12)20(27)18-19(13-3-2-4-16(24)11-13)26(22(29)21(18)28)23-25-7-8-31-23/h2-8,10-12,19,27H,9H2,1H3/b20-18+/t12-,19-/m1/s1. The fraction of sp³-hybridized carbons (Fsp3) is 0.174. The number of anilines is 1. The van der Waals surface area contributed by atoms with Gasteiger partial charge in [-0.2, -0.15) is 0 Å². The SMILES string of the molecule is C[C@@H]1Cc2cc(/C(O)=C3\C(=O)C(=O)N(c4nccs4)[C@@H]3c3cccc(Br)c3)ccc2O1. The number of hydrogen-bond donors (Lipinski definition) is 1. The van der Waals surface area contributed by atoms with Crippen molar-refractivity contribution in [1.29, 1.82) is 0 Å². The normalized spacial score (nSPS) is 21.9. The molecule has 1 fully saturated rings. The van der Waals surface area contributed by atoms with Crippen LogP contribution in [0.25, 0.3) is 5.76 Å². The molecule has 1 saturated heterocycles. The summed E-state index contributed by atoms with van der Waals surface area (Å²) < 4.78 is 6.54. The molecule has 2 aliphatic rings. The number of carbonyl (C=O) groups excluding carboxylic acids is 2. The van der Waals surface area contributed by atoms with Crippen molar-refractivity contribution in [3.63, 3.8) is 0 Å². The second-order valence-electron chi connectivity index (χ2n) is 7.49. The minimum atomic E-state index is -0.785. The van der Waals surface area contributed by atoms with E-state index in [0.29, 0.717) is 16.3 Å². The summed E-state index contributed by atoms with van der Waals surface area (Å²) in [6.45, 7) is 1.98. The molecular weight excluding hydrogens is 480 g/mol. The van der Waals surface area contributed by atoms with Crippen molar-refractivity contribution in [3.8, 4) is 5.75 Å². The first-order valence-corrected chi connectivity index (χ1v) is 11.4. The Labute approximate surface area is 190 Å². The monoisotopic (exact) mass is 496 g/mol. The van der Waals surface area contributed by atoms with Gasteiger partial charge in [-0.05, 0) is 48.4 Å². The molecule has 0 radical (unpaired) electrons. The average molecular weight is 497 g/mol. The highest BCUT2D eigenvalue weighted by molar-refractivity contribution is 9.10. The van der Waals surface area contributed by atoms with E-state index in [4.69, 9.17) is 4.74 Å². The van der Waals surface area contributed by atoms with Crippen LogP contribution in [-0.2, 0) is 16.0 Å². The van der Waals surface area contributed by atoms with Gasteiger partial charge < -0.3 is 9.84 Å². The van der Waals surface area contributed by atoms with Crippen LogP contribution in [-0.4, -0.2) is 27.9 Å². The third kappa shape index (κ3) is 3.36. The molecule has 5 rings (SSSR count). The van der Waals surface area contributed by atoms with E-state index in [1.165, 1.54) is 16.2 Å². The Balaban J connectivity index is 1.69. The number of hydrogen-bond acceptors (Lipinski definition) is 6. The van der Waals surface area contributed by atoms with Gasteiger partial charge in [0.05, 0.1) is 11.6 Å². The Morgan fingerprint density at radius 3 is 2.84 bits per heavy atom. The molecule has 0 unspecified atom stereocenters. The highest BCUT2D eigenvalue weighted by atomic mass is 79.9. The molecule has 156 valence electrons. The number of nitrogens with zero attached hydrogens (tertiary/aromatic N) is 2. The number of ether oxygens (including phenoxy) is 1. The van der Waals surface area contributed by atoms with Crippen LogP contribution in [0.3, 0.4) is 0 Å². The lowest BCUT2D eigenvalue weighted by Crippen LogP contribution is -2.29. The van der Waals surface area contributed by atoms with Gasteiger partial charge in [-0.15, -0.1) is 11.3 Å². The zero-order valence-corrected chi connectivity index (χ0v) is 18.8. The van der Waals surface area contributed by atoms with E-state index in [2.05, 4.69) is 20.9 Å². The van der Waals surface area contributed by atoms with Gasteiger partial charge in [0.25, 0.3) is 5.78 Å². The number of ketones is 1. The molecule has 2 aliphatic heterocycles. The maximum atomic E-state index is 13.1. The summed E-state index contributed by atoms with van der Waals surface area (Å²) in [7, 11) is 0. The van der Waals surface area contributed by atoms with Gasteiger partial charge >= 0.3 is 5.91 Å². The van der Waals surface area contributed by atoms with Crippen molar-refractivity contribution >= 4 is 49.8 Å². The van der Waals surface area contributed by atoms with Crippen molar-refractivity contribution in [3.05, 3.63) is 80.8 Å². The van der Waals surface area contributed by atoms with E-state index in [1.807, 2.05) is 37.3 Å². The summed E-state index contributed by atoms with van der Waals surface area (Å²) in [5, 5.41) is 13.4. The maximum Gasteiger partial charge on any atom is 0.301 e. The molecule has 1 aromatic heterocycles. The molecule has 2 aromatic carbocycles. The average Bonchev–Trinajstić information content (AvgIpc) is 3.45. The van der Waals surface area contributed by atoms with E-state index < -0.39 is 17.7 Å². The Morgan fingerprint density at radius 2 is 2.10 bits per heavy atom. The fourth-order valence-electron chi connectivity index (χ4n) is 4.08. The number of halogens is 1. The second-order valence-corrected chi connectivity index (χ2v) is 9.28. The highest BCUT2D eigenvalue weighted by Crippen LogP contribution is 2.43. The van der Waals surface area contributed by atoms with Crippen LogP contribution in [0.15, 0.2) is 64.1 Å². The molecule has 0 aliphatic carbocycles. The van der Waals surface area contributed by atoms with Gasteiger partial charge in [0.1, 0.15) is 17.6 Å². The molecule has 3 aromatic rings. The van der Waals surface area contributed by atoms with Crippen molar-refractivity contribution in [2.45, 2.75) is 25.5 Å². The Morgan fingerprint density at radius 1 is 1.26 bits per heavy atom. The number of thiazole rings is 1. The highest BCUT2D eigenvalue weighted by Gasteiger charge is 2.48. The van der Waals surface area contributed by atoms with Gasteiger partial charge in [-0.3, -0.25) is 14.5 Å². The molecule has 1 amide bonds. The molecule has 0 bridgehead atoms. The van der Waals surface area contributed by atoms with Crippen LogP contribution in [0.2, 0.25) is 0 Å². The Bertz CT molecular complexity index is 1240. The molecule has 0 spiro atoms. The van der Waals surface area contributed by atoms with E-state index in [-0.39, 0.29) is 17.4 Å². The molecule has 1 N–H and O–H groups in total. The van der Waals surface area contributed by atoms with Gasteiger partial charge in [0, 0.05) is 28.0 Å². The van der Waals surface area contributed by atoms with E-state index in [9.17, 15) is 14.7 Å². The fourth-order valence-corrected chi connectivity index (χ4v) is 5.17. The summed E-state index contributed by atoms with van der Waals surface area (Å²) in [6.07, 6.45) is 2.36. The molecule has 8 heteroatoms. The number of aliphatic hydroxyl groups excluding tert-OH is 1. The molecule has 31 heavy (non-hydrogen) atoms. The lowest BCUT2D eigenvalue weighted by atomic mass is 9.94. The van der Waals surface area contributed by atoms with E-state index in [0.717, 1.165) is 22.2 Å². The lowest BCUT2D eigenvalue weighted by molar-refractivity contribution is -0.132. The molecule has 3 heterocycles. The van der Waals surface area contributed by atoms with Crippen molar-refractivity contribution in [2.75, 3.05) is 4.90 Å². The smallest absolute Gasteiger partial charge is 0.301 e. The number of carbonyl (C=O) groups is 2. The third-order valence-corrected chi connectivity index (χ3v) is 6.67. The van der Waals surface area contributed by atoms with Crippen LogP contribution in [0.5, 0.6) is 5.75 Å². The molecular formula is C23H17BrN2O4S. The first kappa shape index (κ1) is 20.0. The number of benzene rings is 2. The largest absolute Gasteiger partial charge is 0.507 e. The number of aliphatic hydroxyl groups is 1. The summed E-state index contributed by atoms with van der Waals surface area (Å²) in [4.78, 5) is 31.7. The number of fused-ring (bicyclic) bond motifs is 1. The predicted octanol–water partition coefficient (Wildman–Crippen LogP) is 4.86. The lowest BCUT2D eigenvalue weighted by Gasteiger charge is -2.23. The number of aromatic nitrogens is 1. The predicted molar refractivity (Wildman–Crippen MR) is 121 cm³/mol. The van der Waals surface area contributed by atoms with Crippen molar-refractivity contribution in [2.24, 2.45) is 0 Å². The maximum absolute atomic E-state index is 13.1. The van der Waals surface area contributed by atoms with Crippen LogP contribution in [0.1, 0.15) is 29.7 Å². The molecule has 6 nitrogen and oxygen atoms in total. The summed E-state index contributed by atoms with van der Waals surface area (Å²) in [6, 6.07) is 11.9. The minimum Gasteiger partial charge on any atom is -0.507 e. The Hall–Kier alpha value is -2.97. The van der Waals surface area contributed by atoms with Crippen LogP contribution < -0.4 is 9.64 Å². The number of rotatable bonds is 3. The van der Waals surface area contributed by atoms with Gasteiger partial charge in [0.15, 0.2) is 5.13 Å². The summed E-state index contributed by atoms with van der Waals surface area (Å²) >= 11 is 4.72. The van der Waals surface area contributed by atoms with Crippen LogP contribution in [0, 0.1) is 0 Å². The minimum absolute atomic E-state index is 0.0465. The van der Waals surface area contributed by atoms with E-state index in [1.54, 1.807) is 23.7 Å². The molecule has 0 saturated carbocycles. The zero-order chi connectivity index (χ0) is 21.7. The topological polar surface area (TPSA) is 79.7 Å². The number of amides is 1. The van der Waals surface area contributed by atoms with Crippen molar-refractivity contribution < 1.29 is 19.4 Å². The van der Waals surface area contributed by atoms with Crippen LogP contribution >= 0.6 is 27.3 Å². The second kappa shape index (κ2) is 7.62. The van der Waals surface area contributed by atoms with Gasteiger partial charge in [0.2, 0.25) is 0 Å². The summed E-state index contributed by atoms with van der Waals surface area (Å²) in [5.74, 6) is -0.872. The Kier molecular flexibility index (Phi) is 4.91.